The average Bonchev–Trinajstić information content (AvgIpc) is 3.05. The van der Waals surface area contributed by atoms with Gasteiger partial charge in [-0.15, -0.1) is 11.3 Å². The summed E-state index contributed by atoms with van der Waals surface area (Å²) < 4.78 is 0. The van der Waals surface area contributed by atoms with E-state index in [0.29, 0.717) is 17.2 Å². The highest BCUT2D eigenvalue weighted by atomic mass is 32.1. The van der Waals surface area contributed by atoms with Crippen LogP contribution in [0.15, 0.2) is 6.07 Å². The number of carbonyl (C=O) groups excluding carboxylic acids is 2. The van der Waals surface area contributed by atoms with Crippen molar-refractivity contribution >= 4 is 23.2 Å². The number of carbonyl (C=O) groups is 2. The molecular formula is C16H24N2O2S. The fourth-order valence-electron chi connectivity index (χ4n) is 3.03. The lowest BCUT2D eigenvalue weighted by atomic mass is 10.0. The van der Waals surface area contributed by atoms with Gasteiger partial charge >= 0.3 is 0 Å². The van der Waals surface area contributed by atoms with Crippen molar-refractivity contribution in [2.45, 2.75) is 58.4 Å². The molecule has 5 heteroatoms. The van der Waals surface area contributed by atoms with Crippen LogP contribution in [0, 0.1) is 12.8 Å². The monoisotopic (exact) mass is 308 g/mol. The average molecular weight is 308 g/mol. The smallest absolute Gasteiger partial charge is 0.259 e. The van der Waals surface area contributed by atoms with Crippen LogP contribution >= 0.6 is 11.3 Å². The molecule has 1 aromatic heterocycles. The number of thiophene rings is 1. The molecule has 2 amide bonds. The van der Waals surface area contributed by atoms with Gasteiger partial charge in [0.15, 0.2) is 0 Å². The highest BCUT2D eigenvalue weighted by Gasteiger charge is 2.22. The van der Waals surface area contributed by atoms with Crippen molar-refractivity contribution in [2.75, 3.05) is 0 Å². The Balaban J connectivity index is 2.00. The highest BCUT2D eigenvalue weighted by molar-refractivity contribution is 7.14. The minimum Gasteiger partial charge on any atom is -0.365 e. The first-order chi connectivity index (χ1) is 10.0. The molecule has 0 aliphatic heterocycles. The van der Waals surface area contributed by atoms with E-state index in [1.54, 1.807) is 0 Å². The van der Waals surface area contributed by atoms with Crippen LogP contribution < -0.4 is 11.1 Å². The number of aryl methyl sites for hydroxylation is 1. The van der Waals surface area contributed by atoms with Gasteiger partial charge in [-0.3, -0.25) is 9.59 Å². The summed E-state index contributed by atoms with van der Waals surface area (Å²) in [5, 5.41) is 3.11. The van der Waals surface area contributed by atoms with Gasteiger partial charge in [-0.25, -0.2) is 0 Å². The fourth-order valence-corrected chi connectivity index (χ4v) is 4.19. The fraction of sp³-hybridized carbons (Fsp3) is 0.625. The summed E-state index contributed by atoms with van der Waals surface area (Å²) in [5.41, 5.74) is 6.26. The van der Waals surface area contributed by atoms with Crippen LogP contribution in [-0.4, -0.2) is 11.8 Å². The number of nitrogens with two attached hydrogens (primary N) is 1. The topological polar surface area (TPSA) is 72.2 Å². The zero-order valence-corrected chi connectivity index (χ0v) is 13.6. The molecule has 2 rings (SSSR count). The van der Waals surface area contributed by atoms with Gasteiger partial charge in [0.2, 0.25) is 5.91 Å². The van der Waals surface area contributed by atoms with E-state index in [2.05, 4.69) is 5.32 Å². The molecule has 0 spiro atoms. The van der Waals surface area contributed by atoms with E-state index in [1.807, 2.05) is 19.9 Å². The normalized spacial score (nSPS) is 16.9. The maximum Gasteiger partial charge on any atom is 0.259 e. The van der Waals surface area contributed by atoms with Crippen molar-refractivity contribution in [2.24, 2.45) is 11.7 Å². The largest absolute Gasteiger partial charge is 0.365 e. The highest BCUT2D eigenvalue weighted by Crippen LogP contribution is 2.30. The van der Waals surface area contributed by atoms with Crippen molar-refractivity contribution in [3.05, 3.63) is 21.4 Å². The van der Waals surface area contributed by atoms with Gasteiger partial charge in [-0.2, -0.15) is 0 Å². The Morgan fingerprint density at radius 3 is 2.62 bits per heavy atom. The third kappa shape index (κ3) is 4.06. The van der Waals surface area contributed by atoms with Gasteiger partial charge in [0.05, 0.1) is 10.9 Å². The summed E-state index contributed by atoms with van der Waals surface area (Å²) in [6, 6.07) is 1.95. The summed E-state index contributed by atoms with van der Waals surface area (Å²) in [6.07, 6.45) is 6.29. The van der Waals surface area contributed by atoms with E-state index < -0.39 is 5.91 Å². The number of hydrogen-bond acceptors (Lipinski definition) is 3. The number of amides is 2. The maximum absolute atomic E-state index is 12.2. The van der Waals surface area contributed by atoms with Crippen LogP contribution in [0.5, 0.6) is 0 Å². The molecule has 1 saturated carbocycles. The molecule has 4 nitrogen and oxygen atoms in total. The quantitative estimate of drug-likeness (QED) is 0.846. The van der Waals surface area contributed by atoms with Crippen LogP contribution in [0.2, 0.25) is 0 Å². The first kappa shape index (κ1) is 16.0. The van der Waals surface area contributed by atoms with Crippen LogP contribution in [0.1, 0.15) is 71.6 Å². The standard InChI is InChI=1S/C16H24N2O2S/c1-3-12(13-8-10(2)15(21-13)16(17)20)18-14(19)9-11-6-4-5-7-11/h8,11-12H,3-7,9H2,1-2H3,(H2,17,20)(H,18,19). The summed E-state index contributed by atoms with van der Waals surface area (Å²) in [5.74, 6) is 0.282. The maximum atomic E-state index is 12.2. The lowest BCUT2D eigenvalue weighted by molar-refractivity contribution is -0.122. The zero-order chi connectivity index (χ0) is 15.4. The van der Waals surface area contributed by atoms with E-state index in [9.17, 15) is 9.59 Å². The summed E-state index contributed by atoms with van der Waals surface area (Å²) in [7, 11) is 0. The lowest BCUT2D eigenvalue weighted by Crippen LogP contribution is -2.28. The summed E-state index contributed by atoms with van der Waals surface area (Å²) in [6.45, 7) is 3.92. The van der Waals surface area contributed by atoms with Crippen LogP contribution in [-0.2, 0) is 4.79 Å². The van der Waals surface area contributed by atoms with E-state index in [1.165, 1.54) is 37.0 Å². The van der Waals surface area contributed by atoms with Crippen molar-refractivity contribution in [3.63, 3.8) is 0 Å². The summed E-state index contributed by atoms with van der Waals surface area (Å²) >= 11 is 1.40. The third-order valence-electron chi connectivity index (χ3n) is 4.20. The molecule has 1 heterocycles. The first-order valence-corrected chi connectivity index (χ1v) is 8.52. The van der Waals surface area contributed by atoms with E-state index in [0.717, 1.165) is 16.9 Å². The van der Waals surface area contributed by atoms with Gasteiger partial charge in [-0.1, -0.05) is 19.8 Å². The molecule has 0 aromatic carbocycles. The first-order valence-electron chi connectivity index (χ1n) is 7.70. The predicted molar refractivity (Wildman–Crippen MR) is 85.3 cm³/mol. The number of primary amides is 1. The Hall–Kier alpha value is -1.36. The molecule has 116 valence electrons. The molecule has 0 radical (unpaired) electrons. The number of nitrogens with one attached hydrogen (secondary N) is 1. The Labute approximate surface area is 130 Å². The zero-order valence-electron chi connectivity index (χ0n) is 12.8. The molecule has 0 saturated heterocycles. The lowest BCUT2D eigenvalue weighted by Gasteiger charge is -2.17. The van der Waals surface area contributed by atoms with Gasteiger partial charge in [0.25, 0.3) is 5.91 Å². The van der Waals surface area contributed by atoms with Crippen molar-refractivity contribution in [1.82, 2.24) is 5.32 Å². The second kappa shape index (κ2) is 7.07. The molecule has 1 unspecified atom stereocenters. The number of hydrogen-bond donors (Lipinski definition) is 2. The molecule has 3 N–H and O–H groups in total. The van der Waals surface area contributed by atoms with Gasteiger partial charge < -0.3 is 11.1 Å². The molecule has 1 fully saturated rings. The third-order valence-corrected chi connectivity index (χ3v) is 5.56. The molecule has 1 aliphatic carbocycles. The molecular weight excluding hydrogens is 284 g/mol. The van der Waals surface area contributed by atoms with Gasteiger partial charge in [0, 0.05) is 11.3 Å². The predicted octanol–water partition coefficient (Wildman–Crippen LogP) is 3.30. The molecule has 21 heavy (non-hydrogen) atoms. The Kier molecular flexibility index (Phi) is 5.39. The minimum atomic E-state index is -0.393. The van der Waals surface area contributed by atoms with E-state index in [4.69, 9.17) is 5.73 Å². The Morgan fingerprint density at radius 1 is 1.43 bits per heavy atom. The van der Waals surface area contributed by atoms with Gasteiger partial charge in [-0.05, 0) is 43.7 Å². The minimum absolute atomic E-state index is 0.0179. The molecule has 1 atom stereocenters. The van der Waals surface area contributed by atoms with Crippen molar-refractivity contribution in [1.29, 1.82) is 0 Å². The van der Waals surface area contributed by atoms with E-state index >= 15 is 0 Å². The SMILES string of the molecule is CCC(NC(=O)CC1CCCC1)c1cc(C)c(C(N)=O)s1. The van der Waals surface area contributed by atoms with Crippen molar-refractivity contribution < 1.29 is 9.59 Å². The second-order valence-corrected chi connectivity index (χ2v) is 6.99. The van der Waals surface area contributed by atoms with E-state index in [-0.39, 0.29) is 11.9 Å². The van der Waals surface area contributed by atoms with Crippen molar-refractivity contribution in [3.8, 4) is 0 Å². The van der Waals surface area contributed by atoms with Crippen LogP contribution in [0.4, 0.5) is 0 Å². The summed E-state index contributed by atoms with van der Waals surface area (Å²) in [4.78, 5) is 25.1. The molecule has 0 bridgehead atoms. The van der Waals surface area contributed by atoms with Crippen LogP contribution in [0.3, 0.4) is 0 Å². The Bertz CT molecular complexity index is 518. The second-order valence-electron chi connectivity index (χ2n) is 5.91. The van der Waals surface area contributed by atoms with Crippen LogP contribution in [0.25, 0.3) is 0 Å². The number of rotatable bonds is 6. The molecule has 1 aromatic rings. The molecule has 1 aliphatic rings. The Morgan fingerprint density at radius 2 is 2.10 bits per heavy atom. The van der Waals surface area contributed by atoms with Gasteiger partial charge in [0.1, 0.15) is 0 Å².